The summed E-state index contributed by atoms with van der Waals surface area (Å²) in [6.07, 6.45) is 7.16. The number of carbonyl (C=O) groups excluding carboxylic acids is 2. The predicted molar refractivity (Wildman–Crippen MR) is 101 cm³/mol. The lowest BCUT2D eigenvalue weighted by molar-refractivity contribution is -0.904. The van der Waals surface area contributed by atoms with Crippen LogP contribution in [-0.4, -0.2) is 49.5 Å². The molecule has 140 valence electrons. The van der Waals surface area contributed by atoms with Crippen LogP contribution in [0.25, 0.3) is 5.70 Å². The molecule has 0 bridgehead atoms. The van der Waals surface area contributed by atoms with Crippen molar-refractivity contribution in [3.05, 3.63) is 42.0 Å². The van der Waals surface area contributed by atoms with Gasteiger partial charge in [-0.25, -0.2) is 5.01 Å². The summed E-state index contributed by atoms with van der Waals surface area (Å²) in [6, 6.07) is 9.83. The molecule has 26 heavy (non-hydrogen) atoms. The zero-order valence-electron chi connectivity index (χ0n) is 15.3. The van der Waals surface area contributed by atoms with Gasteiger partial charge in [-0.2, -0.15) is 0 Å². The van der Waals surface area contributed by atoms with Crippen LogP contribution in [0.15, 0.2) is 36.4 Å². The number of nitrogens with one attached hydrogen (secondary N) is 3. The second-order valence-corrected chi connectivity index (χ2v) is 7.04. The molecule has 3 N–H and O–H groups in total. The second-order valence-electron chi connectivity index (χ2n) is 7.04. The third-order valence-electron chi connectivity index (χ3n) is 5.01. The summed E-state index contributed by atoms with van der Waals surface area (Å²) in [5.74, 6) is -0.202. The lowest BCUT2D eigenvalue weighted by atomic mass is 10.1. The van der Waals surface area contributed by atoms with Gasteiger partial charge in [0, 0.05) is 19.4 Å². The molecule has 2 heterocycles. The third-order valence-corrected chi connectivity index (χ3v) is 5.01. The Balaban J connectivity index is 1.40. The number of amides is 2. The largest absolute Gasteiger partial charge is 0.354 e. The van der Waals surface area contributed by atoms with Crippen LogP contribution in [0.5, 0.6) is 0 Å². The van der Waals surface area contributed by atoms with E-state index < -0.39 is 0 Å². The summed E-state index contributed by atoms with van der Waals surface area (Å²) in [5, 5.41) is 4.35. The van der Waals surface area contributed by atoms with E-state index in [0.29, 0.717) is 13.0 Å². The molecule has 0 aromatic heterocycles. The maximum atomic E-state index is 12.2. The fourth-order valence-electron chi connectivity index (χ4n) is 3.55. The molecule has 6 nitrogen and oxygen atoms in total. The molecule has 1 aromatic rings. The molecular weight excluding hydrogens is 328 g/mol. The number of piperidine rings is 1. The van der Waals surface area contributed by atoms with E-state index in [-0.39, 0.29) is 18.4 Å². The maximum Gasteiger partial charge on any atom is 0.245 e. The van der Waals surface area contributed by atoms with Gasteiger partial charge in [-0.05, 0) is 30.9 Å². The molecule has 3 rings (SSSR count). The molecule has 1 fully saturated rings. The second kappa shape index (κ2) is 9.38. The van der Waals surface area contributed by atoms with Gasteiger partial charge < -0.3 is 10.2 Å². The van der Waals surface area contributed by atoms with Crippen molar-refractivity contribution < 1.29 is 14.5 Å². The molecule has 1 aromatic carbocycles. The summed E-state index contributed by atoms with van der Waals surface area (Å²) < 4.78 is 0. The van der Waals surface area contributed by atoms with E-state index >= 15 is 0 Å². The SMILES string of the molecule is O=C(CN1NC(c2ccccc2)=CCC1=O)NCCC[NH+]1CCCCC1. The van der Waals surface area contributed by atoms with E-state index in [1.165, 1.54) is 37.4 Å². The molecule has 6 heteroatoms. The fraction of sp³-hybridized carbons (Fsp3) is 0.500. The van der Waals surface area contributed by atoms with E-state index in [2.05, 4.69) is 10.7 Å². The number of likely N-dealkylation sites (tertiary alicyclic amines) is 1. The number of quaternary nitrogens is 1. The van der Waals surface area contributed by atoms with Crippen LogP contribution in [0.3, 0.4) is 0 Å². The number of hydrogen-bond acceptors (Lipinski definition) is 3. The van der Waals surface area contributed by atoms with Crippen LogP contribution < -0.4 is 15.6 Å². The number of nitrogens with zero attached hydrogens (tertiary/aromatic N) is 1. The highest BCUT2D eigenvalue weighted by atomic mass is 16.2. The van der Waals surface area contributed by atoms with E-state index in [0.717, 1.165) is 24.2 Å². The molecule has 0 saturated carbocycles. The topological polar surface area (TPSA) is 65.9 Å². The Labute approximate surface area is 155 Å². The Bertz CT molecular complexity index is 638. The minimum atomic E-state index is -0.117. The van der Waals surface area contributed by atoms with Gasteiger partial charge >= 0.3 is 0 Å². The minimum Gasteiger partial charge on any atom is -0.354 e. The number of benzene rings is 1. The van der Waals surface area contributed by atoms with Crippen molar-refractivity contribution in [2.24, 2.45) is 0 Å². The van der Waals surface area contributed by atoms with Gasteiger partial charge in [0.05, 0.1) is 25.3 Å². The van der Waals surface area contributed by atoms with E-state index in [1.807, 2.05) is 36.4 Å². The van der Waals surface area contributed by atoms with Crippen molar-refractivity contribution in [1.82, 2.24) is 15.8 Å². The molecule has 0 radical (unpaired) electrons. The van der Waals surface area contributed by atoms with Gasteiger partial charge in [-0.3, -0.25) is 15.0 Å². The van der Waals surface area contributed by atoms with E-state index in [1.54, 1.807) is 4.90 Å². The van der Waals surface area contributed by atoms with Crippen molar-refractivity contribution in [3.63, 3.8) is 0 Å². The lowest BCUT2D eigenvalue weighted by Crippen LogP contribution is -3.12. The molecule has 1 saturated heterocycles. The van der Waals surface area contributed by atoms with Gasteiger partial charge in [0.2, 0.25) is 11.8 Å². The first-order valence-corrected chi connectivity index (χ1v) is 9.65. The van der Waals surface area contributed by atoms with Gasteiger partial charge in [-0.15, -0.1) is 0 Å². The average Bonchev–Trinajstić information content (AvgIpc) is 2.68. The smallest absolute Gasteiger partial charge is 0.245 e. The fourth-order valence-corrected chi connectivity index (χ4v) is 3.55. The molecule has 2 aliphatic rings. The highest BCUT2D eigenvalue weighted by Gasteiger charge is 2.22. The van der Waals surface area contributed by atoms with Crippen molar-refractivity contribution in [2.45, 2.75) is 32.1 Å². The zero-order valence-corrected chi connectivity index (χ0v) is 15.3. The highest BCUT2D eigenvalue weighted by Crippen LogP contribution is 2.16. The van der Waals surface area contributed by atoms with Crippen LogP contribution in [-0.2, 0) is 9.59 Å². The maximum absolute atomic E-state index is 12.2. The first-order valence-electron chi connectivity index (χ1n) is 9.65. The van der Waals surface area contributed by atoms with Crippen molar-refractivity contribution in [2.75, 3.05) is 32.7 Å². The van der Waals surface area contributed by atoms with Crippen LogP contribution in [0, 0.1) is 0 Å². The summed E-state index contributed by atoms with van der Waals surface area (Å²) in [7, 11) is 0. The minimum absolute atomic E-state index is 0.0412. The van der Waals surface area contributed by atoms with Crippen molar-refractivity contribution >= 4 is 17.5 Å². The summed E-state index contributed by atoms with van der Waals surface area (Å²) in [4.78, 5) is 25.9. The van der Waals surface area contributed by atoms with Crippen molar-refractivity contribution in [3.8, 4) is 0 Å². The predicted octanol–water partition coefficient (Wildman–Crippen LogP) is 0.340. The van der Waals surface area contributed by atoms with E-state index in [9.17, 15) is 9.59 Å². The molecule has 0 atom stereocenters. The number of rotatable bonds is 7. The number of hydrogen-bond donors (Lipinski definition) is 3. The van der Waals surface area contributed by atoms with Gasteiger partial charge in [0.1, 0.15) is 6.54 Å². The monoisotopic (exact) mass is 357 g/mol. The molecular formula is C20H29N4O2+. The Hall–Kier alpha value is -2.34. The highest BCUT2D eigenvalue weighted by molar-refractivity contribution is 5.88. The van der Waals surface area contributed by atoms with Crippen LogP contribution in [0.4, 0.5) is 0 Å². The Morgan fingerprint density at radius 1 is 1.15 bits per heavy atom. The van der Waals surface area contributed by atoms with Crippen molar-refractivity contribution in [1.29, 1.82) is 0 Å². The third kappa shape index (κ3) is 5.33. The van der Waals surface area contributed by atoms with Gasteiger partial charge in [0.25, 0.3) is 0 Å². The summed E-state index contributed by atoms with van der Waals surface area (Å²) in [5.41, 5.74) is 4.95. The Kier molecular flexibility index (Phi) is 6.66. The molecule has 0 aliphatic carbocycles. The van der Waals surface area contributed by atoms with Crippen LogP contribution in [0.2, 0.25) is 0 Å². The number of carbonyl (C=O) groups is 2. The van der Waals surface area contributed by atoms with Gasteiger partial charge in [-0.1, -0.05) is 30.3 Å². The van der Waals surface area contributed by atoms with Crippen LogP contribution >= 0.6 is 0 Å². The van der Waals surface area contributed by atoms with E-state index in [4.69, 9.17) is 0 Å². The first kappa shape index (κ1) is 18.5. The summed E-state index contributed by atoms with van der Waals surface area (Å²) >= 11 is 0. The van der Waals surface area contributed by atoms with Crippen LogP contribution in [0.1, 0.15) is 37.7 Å². The van der Waals surface area contributed by atoms with Gasteiger partial charge in [0.15, 0.2) is 0 Å². The zero-order chi connectivity index (χ0) is 18.2. The normalized spacial score (nSPS) is 18.2. The standard InChI is InChI=1S/C20H28N4O2/c25-19(21-12-7-15-23-13-5-2-6-14-23)16-24-20(26)11-10-18(22-24)17-8-3-1-4-9-17/h1,3-4,8-10,22H,2,5-7,11-16H2,(H,21,25)/p+1. The molecule has 2 aliphatic heterocycles. The Morgan fingerprint density at radius 2 is 1.92 bits per heavy atom. The molecule has 0 spiro atoms. The average molecular weight is 357 g/mol. The quantitative estimate of drug-likeness (QED) is 0.617. The summed E-state index contributed by atoms with van der Waals surface area (Å²) in [6.45, 7) is 4.34. The lowest BCUT2D eigenvalue weighted by Gasteiger charge is -2.29. The number of hydrazine groups is 1. The Morgan fingerprint density at radius 3 is 2.69 bits per heavy atom. The molecule has 0 unspecified atom stereocenters. The molecule has 2 amide bonds. The first-order chi connectivity index (χ1) is 12.7.